The molecule has 26 heavy (non-hydrogen) atoms. The fraction of sp³-hybridized carbons (Fsp3) is 0.350. The minimum atomic E-state index is -0.820. The zero-order valence-electron chi connectivity index (χ0n) is 14.4. The van der Waals surface area contributed by atoms with E-state index in [0.717, 1.165) is 11.1 Å². The summed E-state index contributed by atoms with van der Waals surface area (Å²) in [4.78, 5) is 30.0. The number of carbonyl (C=O) groups is 2. The number of aromatic hydroxyl groups is 1. The summed E-state index contributed by atoms with van der Waals surface area (Å²) in [6.45, 7) is 0.853. The summed E-state index contributed by atoms with van der Waals surface area (Å²) < 4.78 is 0. The lowest BCUT2D eigenvalue weighted by atomic mass is 10.0. The minimum Gasteiger partial charge on any atom is -0.508 e. The van der Waals surface area contributed by atoms with Crippen LogP contribution in [0.3, 0.4) is 0 Å². The number of aromatic nitrogens is 1. The first-order valence-corrected chi connectivity index (χ1v) is 8.71. The number of nitrogens with zero attached hydrogens (tertiary/aromatic N) is 2. The second-order valence-electron chi connectivity index (χ2n) is 6.76. The number of pyridine rings is 1. The largest absolute Gasteiger partial charge is 0.508 e. The predicted octanol–water partition coefficient (Wildman–Crippen LogP) is 2.82. The van der Waals surface area contributed by atoms with Gasteiger partial charge in [0.05, 0.1) is 5.92 Å². The van der Waals surface area contributed by atoms with Gasteiger partial charge in [-0.25, -0.2) is 0 Å². The van der Waals surface area contributed by atoms with Crippen LogP contribution in [0.15, 0.2) is 48.8 Å². The molecule has 0 aliphatic heterocycles. The van der Waals surface area contributed by atoms with Crippen molar-refractivity contribution in [3.8, 4) is 5.75 Å². The number of aliphatic carboxylic acids is 1. The molecule has 1 amide bonds. The van der Waals surface area contributed by atoms with Gasteiger partial charge in [-0.2, -0.15) is 0 Å². The summed E-state index contributed by atoms with van der Waals surface area (Å²) >= 11 is 0. The highest BCUT2D eigenvalue weighted by Crippen LogP contribution is 2.33. The van der Waals surface area contributed by atoms with E-state index in [-0.39, 0.29) is 17.6 Å². The number of phenols is 1. The molecular weight excluding hydrogens is 332 g/mol. The van der Waals surface area contributed by atoms with E-state index in [1.54, 1.807) is 41.6 Å². The third-order valence-electron chi connectivity index (χ3n) is 4.88. The zero-order chi connectivity index (χ0) is 18.5. The highest BCUT2D eigenvalue weighted by molar-refractivity contribution is 5.81. The molecule has 6 nitrogen and oxygen atoms in total. The van der Waals surface area contributed by atoms with Crippen molar-refractivity contribution in [2.75, 3.05) is 0 Å². The van der Waals surface area contributed by atoms with Gasteiger partial charge < -0.3 is 15.1 Å². The summed E-state index contributed by atoms with van der Waals surface area (Å²) in [5.41, 5.74) is 1.89. The molecule has 2 aromatic rings. The van der Waals surface area contributed by atoms with Crippen LogP contribution in [-0.2, 0) is 22.7 Å². The molecule has 0 bridgehead atoms. The van der Waals surface area contributed by atoms with Gasteiger partial charge in [-0.05, 0) is 54.7 Å². The Morgan fingerprint density at radius 3 is 2.12 bits per heavy atom. The predicted molar refractivity (Wildman–Crippen MR) is 95.1 cm³/mol. The zero-order valence-corrected chi connectivity index (χ0v) is 14.4. The summed E-state index contributed by atoms with van der Waals surface area (Å²) in [7, 11) is 0. The average Bonchev–Trinajstić information content (AvgIpc) is 3.14. The van der Waals surface area contributed by atoms with Crippen molar-refractivity contribution in [1.82, 2.24) is 9.88 Å². The number of hydrogen-bond donors (Lipinski definition) is 2. The van der Waals surface area contributed by atoms with Crippen molar-refractivity contribution in [3.63, 3.8) is 0 Å². The molecule has 1 saturated carbocycles. The summed E-state index contributed by atoms with van der Waals surface area (Å²) in [5.74, 6) is -1.34. The maximum Gasteiger partial charge on any atom is 0.306 e. The molecule has 1 fully saturated rings. The molecular formula is C20H22N2O4. The lowest BCUT2D eigenvalue weighted by Crippen LogP contribution is -2.34. The Labute approximate surface area is 152 Å². The van der Waals surface area contributed by atoms with Crippen molar-refractivity contribution < 1.29 is 19.8 Å². The van der Waals surface area contributed by atoms with Gasteiger partial charge in [0, 0.05) is 31.4 Å². The normalized spacial score (nSPS) is 19.2. The van der Waals surface area contributed by atoms with Crippen LogP contribution in [0.5, 0.6) is 5.75 Å². The molecule has 1 heterocycles. The Morgan fingerprint density at radius 1 is 0.962 bits per heavy atom. The Morgan fingerprint density at radius 2 is 1.54 bits per heavy atom. The first-order chi connectivity index (χ1) is 12.5. The summed E-state index contributed by atoms with van der Waals surface area (Å²) in [6.07, 6.45) is 4.94. The average molecular weight is 354 g/mol. The molecule has 0 saturated heterocycles. The van der Waals surface area contributed by atoms with Crippen LogP contribution in [0.25, 0.3) is 0 Å². The van der Waals surface area contributed by atoms with Gasteiger partial charge >= 0.3 is 5.97 Å². The Balaban J connectivity index is 1.76. The van der Waals surface area contributed by atoms with Gasteiger partial charge in [0.25, 0.3) is 0 Å². The van der Waals surface area contributed by atoms with Crippen LogP contribution in [0.1, 0.15) is 30.4 Å². The second kappa shape index (κ2) is 7.99. The molecule has 1 aromatic heterocycles. The number of rotatable bonds is 6. The number of amides is 1. The molecule has 6 heteroatoms. The maximum atomic E-state index is 13.1. The van der Waals surface area contributed by atoms with Crippen LogP contribution >= 0.6 is 0 Å². The maximum absolute atomic E-state index is 13.1. The third-order valence-corrected chi connectivity index (χ3v) is 4.88. The first-order valence-electron chi connectivity index (χ1n) is 8.71. The quantitative estimate of drug-likeness (QED) is 0.832. The highest BCUT2D eigenvalue weighted by Gasteiger charge is 2.35. The first kappa shape index (κ1) is 17.9. The minimum absolute atomic E-state index is 0.0152. The number of carbonyl (C=O) groups excluding carboxylic acids is 1. The lowest BCUT2D eigenvalue weighted by Gasteiger charge is -2.26. The van der Waals surface area contributed by atoms with E-state index < -0.39 is 11.9 Å². The third kappa shape index (κ3) is 4.39. The Bertz CT molecular complexity index is 761. The van der Waals surface area contributed by atoms with Crippen LogP contribution in [0.2, 0.25) is 0 Å². The van der Waals surface area contributed by atoms with Gasteiger partial charge in [-0.3, -0.25) is 14.6 Å². The van der Waals surface area contributed by atoms with Crippen molar-refractivity contribution in [1.29, 1.82) is 0 Å². The van der Waals surface area contributed by atoms with Gasteiger partial charge in [0.2, 0.25) is 5.91 Å². The molecule has 0 radical (unpaired) electrons. The van der Waals surface area contributed by atoms with Crippen LogP contribution in [-0.4, -0.2) is 32.0 Å². The van der Waals surface area contributed by atoms with Crippen molar-refractivity contribution in [3.05, 3.63) is 59.9 Å². The molecule has 0 spiro atoms. The fourth-order valence-electron chi connectivity index (χ4n) is 3.43. The summed E-state index contributed by atoms with van der Waals surface area (Å²) in [5, 5.41) is 18.6. The van der Waals surface area contributed by atoms with E-state index in [1.165, 1.54) is 0 Å². The van der Waals surface area contributed by atoms with Crippen molar-refractivity contribution in [2.45, 2.75) is 32.4 Å². The molecule has 136 valence electrons. The highest BCUT2D eigenvalue weighted by atomic mass is 16.4. The molecule has 1 aromatic carbocycles. The fourth-order valence-corrected chi connectivity index (χ4v) is 3.43. The molecule has 1 aliphatic carbocycles. The van der Waals surface area contributed by atoms with Gasteiger partial charge in [-0.15, -0.1) is 0 Å². The van der Waals surface area contributed by atoms with E-state index >= 15 is 0 Å². The topological polar surface area (TPSA) is 90.7 Å². The number of carboxylic acids is 1. The SMILES string of the molecule is O=C(O)[C@@H]1CC[C@H](C(=O)N(Cc2ccncc2)Cc2ccc(O)cc2)C1. The van der Waals surface area contributed by atoms with Gasteiger partial charge in [0.15, 0.2) is 0 Å². The molecule has 0 unspecified atom stereocenters. The van der Waals surface area contributed by atoms with Gasteiger partial charge in [-0.1, -0.05) is 12.1 Å². The van der Waals surface area contributed by atoms with E-state index in [0.29, 0.717) is 32.4 Å². The van der Waals surface area contributed by atoms with Crippen molar-refractivity contribution >= 4 is 11.9 Å². The van der Waals surface area contributed by atoms with E-state index in [4.69, 9.17) is 0 Å². The number of hydrogen-bond acceptors (Lipinski definition) is 4. The van der Waals surface area contributed by atoms with Crippen LogP contribution in [0, 0.1) is 11.8 Å². The lowest BCUT2D eigenvalue weighted by molar-refractivity contribution is -0.141. The van der Waals surface area contributed by atoms with E-state index in [9.17, 15) is 19.8 Å². The van der Waals surface area contributed by atoms with Crippen LogP contribution in [0.4, 0.5) is 0 Å². The monoisotopic (exact) mass is 354 g/mol. The molecule has 2 atom stereocenters. The van der Waals surface area contributed by atoms with Crippen LogP contribution < -0.4 is 0 Å². The standard InChI is InChI=1S/C20H22N2O4/c23-18-5-1-14(2-6-18)12-22(13-15-7-9-21-10-8-15)19(24)16-3-4-17(11-16)20(25)26/h1-2,5-10,16-17,23H,3-4,11-13H2,(H,25,26)/t16-,17+/m0/s1. The number of carboxylic acid groups (broad SMARTS) is 1. The van der Waals surface area contributed by atoms with Crippen molar-refractivity contribution in [2.24, 2.45) is 11.8 Å². The Hall–Kier alpha value is -2.89. The van der Waals surface area contributed by atoms with E-state index in [1.807, 2.05) is 12.1 Å². The smallest absolute Gasteiger partial charge is 0.306 e. The van der Waals surface area contributed by atoms with Gasteiger partial charge in [0.1, 0.15) is 5.75 Å². The Kier molecular flexibility index (Phi) is 5.51. The molecule has 2 N–H and O–H groups in total. The summed E-state index contributed by atoms with van der Waals surface area (Å²) in [6, 6.07) is 10.5. The number of phenolic OH excluding ortho intramolecular Hbond substituents is 1. The second-order valence-corrected chi connectivity index (χ2v) is 6.76. The molecule has 3 rings (SSSR count). The number of benzene rings is 1. The molecule has 1 aliphatic rings. The van der Waals surface area contributed by atoms with E-state index in [2.05, 4.69) is 4.98 Å².